The molecule has 12 heteroatoms. The van der Waals surface area contributed by atoms with Crippen molar-refractivity contribution in [2.24, 2.45) is 10.8 Å². The van der Waals surface area contributed by atoms with Crippen LogP contribution in [0.25, 0.3) is 0 Å². The van der Waals surface area contributed by atoms with Crippen LogP contribution in [0.2, 0.25) is 0 Å². The summed E-state index contributed by atoms with van der Waals surface area (Å²) >= 11 is 0. The van der Waals surface area contributed by atoms with E-state index in [4.69, 9.17) is 14.3 Å². The zero-order valence-electron chi connectivity index (χ0n) is 30.9. The van der Waals surface area contributed by atoms with E-state index in [1.165, 1.54) is 14.9 Å². The Hall–Kier alpha value is -2.28. The van der Waals surface area contributed by atoms with Gasteiger partial charge in [0.15, 0.2) is 0 Å². The number of carbonyl (C=O) groups is 4. The maximum Gasteiger partial charge on any atom is 0.417 e. The second kappa shape index (κ2) is 12.2. The molecule has 3 heterocycles. The van der Waals surface area contributed by atoms with Gasteiger partial charge in [0.2, 0.25) is 11.8 Å². The maximum absolute atomic E-state index is 13.9. The fourth-order valence-corrected chi connectivity index (χ4v) is 9.79. The van der Waals surface area contributed by atoms with Crippen LogP contribution in [0, 0.1) is 10.8 Å². The fraction of sp³-hybridized carbons (Fsp3) is 0.886. The molecule has 0 aromatic heterocycles. The first kappa shape index (κ1) is 37.5. The van der Waals surface area contributed by atoms with Gasteiger partial charge < -0.3 is 19.5 Å². The van der Waals surface area contributed by atoms with Crippen molar-refractivity contribution in [3.05, 3.63) is 0 Å². The van der Waals surface area contributed by atoms with Crippen molar-refractivity contribution in [1.29, 1.82) is 0 Å². The van der Waals surface area contributed by atoms with E-state index in [0.717, 1.165) is 0 Å². The summed E-state index contributed by atoms with van der Waals surface area (Å²) in [4.78, 5) is 63.0. The second-order valence-electron chi connectivity index (χ2n) is 18.5. The molecule has 1 spiro atoms. The van der Waals surface area contributed by atoms with Crippen LogP contribution in [0.15, 0.2) is 0 Å². The van der Waals surface area contributed by atoms with Crippen molar-refractivity contribution < 1.29 is 38.7 Å². The van der Waals surface area contributed by atoms with Gasteiger partial charge in [-0.3, -0.25) is 9.59 Å². The van der Waals surface area contributed by atoms with E-state index in [-0.39, 0.29) is 49.3 Å². The molecule has 0 aromatic carbocycles. The Balaban J connectivity index is 1.53. The molecule has 4 amide bonds. The lowest BCUT2D eigenvalue weighted by atomic mass is 9.70. The van der Waals surface area contributed by atoms with Gasteiger partial charge in [0.25, 0.3) is 0 Å². The number of hydrogen-bond acceptors (Lipinski definition) is 10. The van der Waals surface area contributed by atoms with Gasteiger partial charge in [-0.1, -0.05) is 20.8 Å². The van der Waals surface area contributed by atoms with Crippen molar-refractivity contribution in [3.8, 4) is 0 Å². The Morgan fingerprint density at radius 1 is 0.787 bits per heavy atom. The summed E-state index contributed by atoms with van der Waals surface area (Å²) in [6, 6.07) is -0.383. The SMILES string of the molecule is CON1C(C)(C)CCC(=O)N(CC2(C)CCC(N3C(=O)CC4(CC(C)(C)N(O)C(C)(C)C4)OC3=O)CC(C)(C)C2)C(=O)OCC1(C)C. The van der Waals surface area contributed by atoms with Crippen LogP contribution in [-0.4, -0.2) is 103 Å². The molecule has 2 atom stereocenters. The van der Waals surface area contributed by atoms with Crippen molar-refractivity contribution in [2.75, 3.05) is 20.3 Å². The molecule has 3 aliphatic heterocycles. The second-order valence-corrected chi connectivity index (χ2v) is 18.5. The lowest BCUT2D eigenvalue weighted by Gasteiger charge is -2.57. The molecular formula is C35H60N4O8. The summed E-state index contributed by atoms with van der Waals surface area (Å²) in [7, 11) is 1.59. The fourth-order valence-electron chi connectivity index (χ4n) is 9.79. The zero-order valence-corrected chi connectivity index (χ0v) is 30.9. The van der Waals surface area contributed by atoms with E-state index in [0.29, 0.717) is 44.9 Å². The van der Waals surface area contributed by atoms with Gasteiger partial charge in [0.1, 0.15) is 12.2 Å². The third kappa shape index (κ3) is 7.65. The zero-order chi connectivity index (χ0) is 35.6. The van der Waals surface area contributed by atoms with Gasteiger partial charge >= 0.3 is 12.2 Å². The van der Waals surface area contributed by atoms with Crippen LogP contribution in [0.5, 0.6) is 0 Å². The average molecular weight is 665 g/mol. The number of rotatable bonds is 4. The van der Waals surface area contributed by atoms with Crippen molar-refractivity contribution >= 4 is 24.0 Å². The Kier molecular flexibility index (Phi) is 9.78. The highest BCUT2D eigenvalue weighted by Crippen LogP contribution is 2.50. The molecule has 0 aromatic rings. The summed E-state index contributed by atoms with van der Waals surface area (Å²) in [6.07, 6.45) is 2.46. The van der Waals surface area contributed by atoms with E-state index >= 15 is 0 Å². The molecule has 4 rings (SSSR count). The number of carbonyl (C=O) groups excluding carboxylic acids is 4. The van der Waals surface area contributed by atoms with E-state index in [2.05, 4.69) is 20.8 Å². The van der Waals surface area contributed by atoms with Gasteiger partial charge in [-0.2, -0.15) is 10.1 Å². The highest BCUT2D eigenvalue weighted by molar-refractivity contribution is 5.95. The third-order valence-corrected chi connectivity index (χ3v) is 10.9. The number of cyclic esters (lactones) is 1. The van der Waals surface area contributed by atoms with E-state index in [9.17, 15) is 24.4 Å². The number of ether oxygens (including phenoxy) is 2. The van der Waals surface area contributed by atoms with Crippen LogP contribution in [0.4, 0.5) is 9.59 Å². The van der Waals surface area contributed by atoms with Crippen molar-refractivity contribution in [2.45, 2.75) is 168 Å². The Bertz CT molecular complexity index is 1190. The molecule has 1 aliphatic carbocycles. The predicted molar refractivity (Wildman–Crippen MR) is 175 cm³/mol. The molecule has 47 heavy (non-hydrogen) atoms. The summed E-state index contributed by atoms with van der Waals surface area (Å²) in [6.45, 7) is 22.0. The minimum atomic E-state index is -0.987. The number of imide groups is 2. The molecule has 4 aliphatic rings. The van der Waals surface area contributed by atoms with Crippen LogP contribution < -0.4 is 0 Å². The molecule has 0 bridgehead atoms. The first-order valence-electron chi connectivity index (χ1n) is 17.1. The summed E-state index contributed by atoms with van der Waals surface area (Å²) in [5, 5.41) is 13.9. The largest absolute Gasteiger partial charge is 0.447 e. The first-order valence-corrected chi connectivity index (χ1v) is 17.1. The quantitative estimate of drug-likeness (QED) is 0.342. The number of hydroxylamine groups is 4. The van der Waals surface area contributed by atoms with Crippen LogP contribution in [0.3, 0.4) is 0 Å². The molecule has 1 N–H and O–H groups in total. The van der Waals surface area contributed by atoms with Gasteiger partial charge in [0, 0.05) is 48.5 Å². The van der Waals surface area contributed by atoms with Crippen LogP contribution >= 0.6 is 0 Å². The normalized spacial score (nSPS) is 32.8. The Morgan fingerprint density at radius 3 is 1.94 bits per heavy atom. The van der Waals surface area contributed by atoms with Crippen LogP contribution in [0.1, 0.15) is 134 Å². The van der Waals surface area contributed by atoms with E-state index in [1.54, 1.807) is 12.2 Å². The first-order chi connectivity index (χ1) is 21.3. The Labute approximate surface area is 281 Å². The maximum atomic E-state index is 13.9. The third-order valence-electron chi connectivity index (χ3n) is 10.9. The van der Waals surface area contributed by atoms with Gasteiger partial charge in [0.05, 0.1) is 19.1 Å². The number of hydrogen-bond donors (Lipinski definition) is 1. The minimum absolute atomic E-state index is 0.0442. The summed E-state index contributed by atoms with van der Waals surface area (Å²) in [5.41, 5.74) is -4.27. The lowest BCUT2D eigenvalue weighted by molar-refractivity contribution is -0.277. The van der Waals surface area contributed by atoms with Crippen molar-refractivity contribution in [3.63, 3.8) is 0 Å². The monoisotopic (exact) mass is 664 g/mol. The van der Waals surface area contributed by atoms with Crippen molar-refractivity contribution in [1.82, 2.24) is 19.9 Å². The molecule has 1 saturated carbocycles. The molecule has 0 radical (unpaired) electrons. The standard InChI is InChI=1S/C35H60N4O8/c1-29(2)17-24(37-26(41)18-35(47-28(37)43)20-31(5,6)38(44)32(7,8)21-35)13-16-34(11,19-29)22-36-25(40)14-15-30(3,4)39(45-12)33(9,10)23-46-27(36)42/h24,44H,13-23H2,1-12H3. The number of amides is 4. The highest BCUT2D eigenvalue weighted by Gasteiger charge is 2.59. The topological polar surface area (TPSA) is 129 Å². The predicted octanol–water partition coefficient (Wildman–Crippen LogP) is 6.29. The summed E-state index contributed by atoms with van der Waals surface area (Å²) < 4.78 is 11.9. The lowest BCUT2D eigenvalue weighted by Crippen LogP contribution is -2.68. The molecule has 3 saturated heterocycles. The van der Waals surface area contributed by atoms with Gasteiger partial charge in [-0.05, 0) is 98.3 Å². The molecular weight excluding hydrogens is 604 g/mol. The van der Waals surface area contributed by atoms with E-state index in [1.807, 2.05) is 55.4 Å². The van der Waals surface area contributed by atoms with Crippen LogP contribution in [-0.2, 0) is 23.9 Å². The number of nitrogens with zero attached hydrogens (tertiary/aromatic N) is 4. The number of piperidine rings is 1. The molecule has 2 unspecified atom stereocenters. The smallest absolute Gasteiger partial charge is 0.417 e. The Morgan fingerprint density at radius 2 is 1.38 bits per heavy atom. The average Bonchev–Trinajstić information content (AvgIpc) is 3.01. The molecule has 12 nitrogen and oxygen atoms in total. The highest BCUT2D eigenvalue weighted by atomic mass is 16.7. The van der Waals surface area contributed by atoms with Gasteiger partial charge in [-0.15, -0.1) is 0 Å². The van der Waals surface area contributed by atoms with E-state index < -0.39 is 45.4 Å². The minimum Gasteiger partial charge on any atom is -0.447 e. The molecule has 4 fully saturated rings. The summed E-state index contributed by atoms with van der Waals surface area (Å²) in [5.74, 6) is -0.549. The molecule has 268 valence electrons. The van der Waals surface area contributed by atoms with Gasteiger partial charge in [-0.25, -0.2) is 19.4 Å².